The van der Waals surface area contributed by atoms with Crippen LogP contribution >= 0.6 is 0 Å². The van der Waals surface area contributed by atoms with Crippen LogP contribution in [0.4, 0.5) is 4.39 Å². The van der Waals surface area contributed by atoms with Gasteiger partial charge in [0.15, 0.2) is 0 Å². The van der Waals surface area contributed by atoms with Gasteiger partial charge in [0.1, 0.15) is 5.82 Å². The summed E-state index contributed by atoms with van der Waals surface area (Å²) >= 11 is 0. The summed E-state index contributed by atoms with van der Waals surface area (Å²) in [4.78, 5) is 14.2. The van der Waals surface area contributed by atoms with Gasteiger partial charge in [0.2, 0.25) is 10.0 Å². The van der Waals surface area contributed by atoms with E-state index in [0.29, 0.717) is 31.6 Å². The molecule has 0 radical (unpaired) electrons. The molecule has 0 saturated carbocycles. The maximum absolute atomic E-state index is 13.0. The quantitative estimate of drug-likeness (QED) is 0.815. The zero-order valence-corrected chi connectivity index (χ0v) is 14.6. The van der Waals surface area contributed by atoms with Crippen molar-refractivity contribution in [3.63, 3.8) is 0 Å². The predicted molar refractivity (Wildman–Crippen MR) is 88.9 cm³/mol. The van der Waals surface area contributed by atoms with E-state index >= 15 is 0 Å². The number of benzene rings is 1. The zero-order valence-electron chi connectivity index (χ0n) is 13.8. The fourth-order valence-corrected chi connectivity index (χ4v) is 4.28. The van der Waals surface area contributed by atoms with Gasteiger partial charge in [-0.1, -0.05) is 0 Å². The summed E-state index contributed by atoms with van der Waals surface area (Å²) in [5.41, 5.74) is 0.484. The first-order chi connectivity index (χ1) is 11.9. The zero-order chi connectivity index (χ0) is 18.0. The van der Waals surface area contributed by atoms with Gasteiger partial charge in [-0.3, -0.25) is 9.48 Å². The Morgan fingerprint density at radius 3 is 2.48 bits per heavy atom. The Morgan fingerprint density at radius 1 is 1.12 bits per heavy atom. The molecule has 0 atom stereocenters. The second kappa shape index (κ2) is 6.93. The Kier molecular flexibility index (Phi) is 4.87. The van der Waals surface area contributed by atoms with Crippen molar-refractivity contribution in [3.05, 3.63) is 48.0 Å². The molecule has 2 aromatic rings. The van der Waals surface area contributed by atoms with Crippen LogP contribution in [-0.4, -0.2) is 59.5 Å². The van der Waals surface area contributed by atoms with Gasteiger partial charge >= 0.3 is 0 Å². The highest BCUT2D eigenvalue weighted by molar-refractivity contribution is 7.89. The SMILES string of the molecule is Cn1cc(C(=O)N2CCCN(S(=O)(=O)c3ccc(F)cc3)CC2)cn1. The molecule has 0 bridgehead atoms. The number of carbonyl (C=O) groups is 1. The van der Waals surface area contributed by atoms with Gasteiger partial charge in [-0.05, 0) is 30.7 Å². The number of nitrogens with zero attached hydrogens (tertiary/aromatic N) is 4. The lowest BCUT2D eigenvalue weighted by molar-refractivity contribution is 0.0764. The number of hydrogen-bond donors (Lipinski definition) is 0. The summed E-state index contributed by atoms with van der Waals surface area (Å²) in [5.74, 6) is -0.641. The molecule has 0 N–H and O–H groups in total. The van der Waals surface area contributed by atoms with Crippen LogP contribution in [0.5, 0.6) is 0 Å². The summed E-state index contributed by atoms with van der Waals surface area (Å²) in [6.45, 7) is 1.29. The van der Waals surface area contributed by atoms with Crippen LogP contribution in [0.1, 0.15) is 16.8 Å². The Bertz CT molecular complexity index is 864. The van der Waals surface area contributed by atoms with Crippen molar-refractivity contribution >= 4 is 15.9 Å². The molecule has 2 heterocycles. The normalized spacial score (nSPS) is 16.6. The van der Waals surface area contributed by atoms with Crippen LogP contribution in [0.2, 0.25) is 0 Å². The lowest BCUT2D eigenvalue weighted by atomic mass is 10.3. The molecular weight excluding hydrogens is 347 g/mol. The van der Waals surface area contributed by atoms with E-state index in [1.165, 1.54) is 22.6 Å². The van der Waals surface area contributed by atoms with Gasteiger partial charge in [-0.25, -0.2) is 12.8 Å². The number of aromatic nitrogens is 2. The topological polar surface area (TPSA) is 75.5 Å². The fraction of sp³-hybridized carbons (Fsp3) is 0.375. The predicted octanol–water partition coefficient (Wildman–Crippen LogP) is 1.10. The first kappa shape index (κ1) is 17.6. The molecule has 1 aliphatic heterocycles. The molecule has 3 rings (SSSR count). The van der Waals surface area contributed by atoms with E-state index in [1.807, 2.05) is 0 Å². The molecular formula is C16H19FN4O3S. The molecule has 0 spiro atoms. The lowest BCUT2D eigenvalue weighted by Crippen LogP contribution is -2.37. The van der Waals surface area contributed by atoms with E-state index in [2.05, 4.69) is 5.10 Å². The number of carbonyl (C=O) groups excluding carboxylic acids is 1. The summed E-state index contributed by atoms with van der Waals surface area (Å²) in [7, 11) is -1.97. The van der Waals surface area contributed by atoms with Crippen LogP contribution < -0.4 is 0 Å². The van der Waals surface area contributed by atoms with Crippen molar-refractivity contribution in [2.24, 2.45) is 7.05 Å². The number of hydrogen-bond acceptors (Lipinski definition) is 4. The molecule has 9 heteroatoms. The number of rotatable bonds is 3. The van der Waals surface area contributed by atoms with Gasteiger partial charge < -0.3 is 4.90 Å². The smallest absolute Gasteiger partial charge is 0.257 e. The summed E-state index contributed by atoms with van der Waals surface area (Å²) in [5, 5.41) is 3.99. The van der Waals surface area contributed by atoms with E-state index in [9.17, 15) is 17.6 Å². The third-order valence-electron chi connectivity index (χ3n) is 4.15. The average Bonchev–Trinajstić information content (AvgIpc) is 2.86. The molecule has 1 amide bonds. The largest absolute Gasteiger partial charge is 0.337 e. The summed E-state index contributed by atoms with van der Waals surface area (Å²) in [6.07, 6.45) is 3.67. The Morgan fingerprint density at radius 2 is 1.84 bits per heavy atom. The molecule has 7 nitrogen and oxygen atoms in total. The summed E-state index contributed by atoms with van der Waals surface area (Å²) in [6, 6.07) is 4.77. The maximum Gasteiger partial charge on any atom is 0.257 e. The van der Waals surface area contributed by atoms with Crippen molar-refractivity contribution < 1.29 is 17.6 Å². The third-order valence-corrected chi connectivity index (χ3v) is 6.06. The van der Waals surface area contributed by atoms with Crippen molar-refractivity contribution in [1.82, 2.24) is 19.0 Å². The summed E-state index contributed by atoms with van der Waals surface area (Å²) < 4.78 is 41.3. The van der Waals surface area contributed by atoms with Crippen molar-refractivity contribution in [1.29, 1.82) is 0 Å². The van der Waals surface area contributed by atoms with Crippen LogP contribution in [0.15, 0.2) is 41.6 Å². The minimum Gasteiger partial charge on any atom is -0.337 e. The molecule has 1 aromatic carbocycles. The first-order valence-corrected chi connectivity index (χ1v) is 9.35. The van der Waals surface area contributed by atoms with Gasteiger partial charge in [-0.15, -0.1) is 0 Å². The second-order valence-corrected chi connectivity index (χ2v) is 7.84. The van der Waals surface area contributed by atoms with Gasteiger partial charge in [0, 0.05) is 39.4 Å². The van der Waals surface area contributed by atoms with Crippen LogP contribution in [-0.2, 0) is 17.1 Å². The molecule has 0 unspecified atom stereocenters. The molecule has 134 valence electrons. The first-order valence-electron chi connectivity index (χ1n) is 7.91. The molecule has 0 aliphatic carbocycles. The Labute approximate surface area is 145 Å². The maximum atomic E-state index is 13.0. The lowest BCUT2D eigenvalue weighted by Gasteiger charge is -2.21. The average molecular weight is 366 g/mol. The molecule has 1 aromatic heterocycles. The minimum atomic E-state index is -3.70. The van der Waals surface area contributed by atoms with E-state index in [4.69, 9.17) is 0 Å². The van der Waals surface area contributed by atoms with Crippen molar-refractivity contribution in [2.45, 2.75) is 11.3 Å². The van der Waals surface area contributed by atoms with Gasteiger partial charge in [-0.2, -0.15) is 9.40 Å². The molecule has 1 aliphatic rings. The second-order valence-electron chi connectivity index (χ2n) is 5.91. The molecule has 1 fully saturated rings. The van der Waals surface area contributed by atoms with E-state index < -0.39 is 15.8 Å². The van der Waals surface area contributed by atoms with Crippen LogP contribution in [0, 0.1) is 5.82 Å². The highest BCUT2D eigenvalue weighted by Crippen LogP contribution is 2.19. The number of aryl methyl sites for hydroxylation is 1. The molecule has 1 saturated heterocycles. The minimum absolute atomic E-state index is 0.0564. The van der Waals surface area contributed by atoms with Crippen molar-refractivity contribution in [3.8, 4) is 0 Å². The number of halogens is 1. The standard InChI is InChI=1S/C16H19FN4O3S/c1-19-12-13(11-18-19)16(22)20-7-2-8-21(10-9-20)25(23,24)15-5-3-14(17)4-6-15/h3-6,11-12H,2,7-10H2,1H3. The van der Waals surface area contributed by atoms with E-state index in [0.717, 1.165) is 12.1 Å². The van der Waals surface area contributed by atoms with Crippen LogP contribution in [0.25, 0.3) is 0 Å². The van der Waals surface area contributed by atoms with Gasteiger partial charge in [0.05, 0.1) is 16.7 Å². The van der Waals surface area contributed by atoms with Gasteiger partial charge in [0.25, 0.3) is 5.91 Å². The highest BCUT2D eigenvalue weighted by Gasteiger charge is 2.28. The monoisotopic (exact) mass is 366 g/mol. The Hall–Kier alpha value is -2.26. The van der Waals surface area contributed by atoms with Crippen LogP contribution in [0.3, 0.4) is 0 Å². The Balaban J connectivity index is 1.73. The number of sulfonamides is 1. The van der Waals surface area contributed by atoms with E-state index in [1.54, 1.807) is 22.8 Å². The fourth-order valence-electron chi connectivity index (χ4n) is 2.81. The van der Waals surface area contributed by atoms with E-state index in [-0.39, 0.29) is 17.3 Å². The highest BCUT2D eigenvalue weighted by atomic mass is 32.2. The van der Waals surface area contributed by atoms with Crippen molar-refractivity contribution in [2.75, 3.05) is 26.2 Å². The number of amides is 1. The third kappa shape index (κ3) is 3.72. The molecule has 25 heavy (non-hydrogen) atoms.